The number of rotatable bonds is 3. The van der Waals surface area contributed by atoms with Crippen LogP contribution in [0.3, 0.4) is 0 Å². The molecule has 18 heavy (non-hydrogen) atoms. The fraction of sp³-hybridized carbons (Fsp3) is 0.571. The number of hydrogen-bond donors (Lipinski definition) is 2. The SMILES string of the molecule is NCc1ccc(N2CCCCCC2CO)cc1F. The van der Waals surface area contributed by atoms with Crippen LogP contribution in [-0.4, -0.2) is 24.3 Å². The molecular formula is C14H21FN2O. The van der Waals surface area contributed by atoms with Crippen LogP contribution in [-0.2, 0) is 6.54 Å². The topological polar surface area (TPSA) is 49.5 Å². The van der Waals surface area contributed by atoms with Crippen LogP contribution in [0.25, 0.3) is 0 Å². The summed E-state index contributed by atoms with van der Waals surface area (Å²) < 4.78 is 13.8. The van der Waals surface area contributed by atoms with Gasteiger partial charge in [0.15, 0.2) is 0 Å². The number of aliphatic hydroxyl groups excluding tert-OH is 1. The molecule has 1 saturated heterocycles. The highest BCUT2D eigenvalue weighted by molar-refractivity contribution is 5.49. The zero-order valence-corrected chi connectivity index (χ0v) is 10.6. The fourth-order valence-electron chi connectivity index (χ4n) is 2.59. The van der Waals surface area contributed by atoms with E-state index in [9.17, 15) is 9.50 Å². The van der Waals surface area contributed by atoms with Crippen molar-refractivity contribution in [1.82, 2.24) is 0 Å². The van der Waals surface area contributed by atoms with Crippen molar-refractivity contribution >= 4 is 5.69 Å². The van der Waals surface area contributed by atoms with Crippen molar-refractivity contribution < 1.29 is 9.50 Å². The van der Waals surface area contributed by atoms with E-state index in [4.69, 9.17) is 5.73 Å². The van der Waals surface area contributed by atoms with Crippen LogP contribution in [0.2, 0.25) is 0 Å². The molecule has 100 valence electrons. The van der Waals surface area contributed by atoms with Gasteiger partial charge in [-0.1, -0.05) is 18.9 Å². The third-order valence-corrected chi connectivity index (χ3v) is 3.68. The van der Waals surface area contributed by atoms with Crippen molar-refractivity contribution in [3.05, 3.63) is 29.6 Å². The van der Waals surface area contributed by atoms with Crippen molar-refractivity contribution in [1.29, 1.82) is 0 Å². The first-order valence-corrected chi connectivity index (χ1v) is 6.62. The summed E-state index contributed by atoms with van der Waals surface area (Å²) in [4.78, 5) is 2.12. The summed E-state index contributed by atoms with van der Waals surface area (Å²) >= 11 is 0. The summed E-state index contributed by atoms with van der Waals surface area (Å²) in [7, 11) is 0. The van der Waals surface area contributed by atoms with Gasteiger partial charge in [-0.2, -0.15) is 0 Å². The lowest BCUT2D eigenvalue weighted by molar-refractivity contribution is 0.255. The molecule has 1 aromatic carbocycles. The van der Waals surface area contributed by atoms with Gasteiger partial charge in [-0.3, -0.25) is 0 Å². The van der Waals surface area contributed by atoms with E-state index >= 15 is 0 Å². The Kier molecular flexibility index (Phi) is 4.55. The van der Waals surface area contributed by atoms with E-state index in [1.54, 1.807) is 6.07 Å². The Morgan fingerprint density at radius 1 is 1.33 bits per heavy atom. The smallest absolute Gasteiger partial charge is 0.129 e. The molecule has 0 bridgehead atoms. The minimum atomic E-state index is -0.254. The number of aliphatic hydroxyl groups is 1. The number of halogens is 1. The lowest BCUT2D eigenvalue weighted by atomic mass is 10.1. The van der Waals surface area contributed by atoms with Crippen LogP contribution in [0.4, 0.5) is 10.1 Å². The average Bonchev–Trinajstić information content (AvgIpc) is 2.63. The van der Waals surface area contributed by atoms with Gasteiger partial charge in [0.1, 0.15) is 5.82 Å². The maximum Gasteiger partial charge on any atom is 0.129 e. The van der Waals surface area contributed by atoms with Gasteiger partial charge in [-0.05, 0) is 25.0 Å². The molecule has 1 aliphatic heterocycles. The van der Waals surface area contributed by atoms with Gasteiger partial charge >= 0.3 is 0 Å². The first-order valence-electron chi connectivity index (χ1n) is 6.62. The van der Waals surface area contributed by atoms with Crippen molar-refractivity contribution in [2.75, 3.05) is 18.1 Å². The largest absolute Gasteiger partial charge is 0.394 e. The molecule has 0 amide bonds. The van der Waals surface area contributed by atoms with Crippen LogP contribution in [0, 0.1) is 5.82 Å². The predicted molar refractivity (Wildman–Crippen MR) is 71.0 cm³/mol. The monoisotopic (exact) mass is 252 g/mol. The molecule has 3 N–H and O–H groups in total. The first kappa shape index (κ1) is 13.3. The average molecular weight is 252 g/mol. The van der Waals surface area contributed by atoms with Crippen LogP contribution < -0.4 is 10.6 Å². The van der Waals surface area contributed by atoms with Gasteiger partial charge in [-0.25, -0.2) is 4.39 Å². The molecule has 4 heteroatoms. The highest BCUT2D eigenvalue weighted by Crippen LogP contribution is 2.25. The molecule has 1 fully saturated rings. The minimum absolute atomic E-state index is 0.107. The van der Waals surface area contributed by atoms with Gasteiger partial charge in [0.2, 0.25) is 0 Å². The predicted octanol–water partition coefficient (Wildman–Crippen LogP) is 2.03. The molecule has 1 heterocycles. The van der Waals surface area contributed by atoms with Gasteiger partial charge in [0.25, 0.3) is 0 Å². The quantitative estimate of drug-likeness (QED) is 0.865. The maximum atomic E-state index is 13.8. The molecular weight excluding hydrogens is 231 g/mol. The van der Waals surface area contributed by atoms with Gasteiger partial charge < -0.3 is 15.7 Å². The second-order valence-electron chi connectivity index (χ2n) is 4.86. The van der Waals surface area contributed by atoms with E-state index in [0.29, 0.717) is 5.56 Å². The molecule has 0 radical (unpaired) electrons. The van der Waals surface area contributed by atoms with Crippen molar-refractivity contribution in [2.24, 2.45) is 5.73 Å². The molecule has 0 saturated carbocycles. The van der Waals surface area contributed by atoms with E-state index in [1.807, 2.05) is 6.07 Å². The Bertz CT molecular complexity index is 397. The third-order valence-electron chi connectivity index (χ3n) is 3.68. The Hall–Kier alpha value is -1.13. The molecule has 2 rings (SSSR count). The Labute approximate surface area is 107 Å². The lowest BCUT2D eigenvalue weighted by Gasteiger charge is -2.31. The Morgan fingerprint density at radius 3 is 2.83 bits per heavy atom. The highest BCUT2D eigenvalue weighted by atomic mass is 19.1. The summed E-state index contributed by atoms with van der Waals surface area (Å²) in [6.07, 6.45) is 4.37. The van der Waals surface area contributed by atoms with Crippen LogP contribution in [0.1, 0.15) is 31.2 Å². The molecule has 0 spiro atoms. The number of nitrogens with zero attached hydrogens (tertiary/aromatic N) is 1. The minimum Gasteiger partial charge on any atom is -0.394 e. The standard InChI is InChI=1S/C14H21FN2O/c15-14-8-12(6-5-11(14)9-16)17-7-3-1-2-4-13(17)10-18/h5-6,8,13,18H,1-4,7,9-10,16H2. The summed E-state index contributed by atoms with van der Waals surface area (Å²) in [5.41, 5.74) is 6.85. The molecule has 3 nitrogen and oxygen atoms in total. The molecule has 1 aromatic rings. The third kappa shape index (κ3) is 2.82. The lowest BCUT2D eigenvalue weighted by Crippen LogP contribution is -2.37. The van der Waals surface area contributed by atoms with Crippen LogP contribution >= 0.6 is 0 Å². The van der Waals surface area contributed by atoms with E-state index < -0.39 is 0 Å². The molecule has 0 aromatic heterocycles. The maximum absolute atomic E-state index is 13.8. The van der Waals surface area contributed by atoms with Crippen LogP contribution in [0.5, 0.6) is 0 Å². The zero-order valence-electron chi connectivity index (χ0n) is 10.6. The van der Waals surface area contributed by atoms with Gasteiger partial charge in [-0.15, -0.1) is 0 Å². The van der Waals surface area contributed by atoms with E-state index in [-0.39, 0.29) is 25.0 Å². The molecule has 1 aliphatic rings. The van der Waals surface area contributed by atoms with E-state index in [1.165, 1.54) is 12.5 Å². The number of nitrogens with two attached hydrogens (primary N) is 1. The van der Waals surface area contributed by atoms with Gasteiger partial charge in [0.05, 0.1) is 12.6 Å². The summed E-state index contributed by atoms with van der Waals surface area (Å²) in [5, 5.41) is 9.46. The van der Waals surface area contributed by atoms with Crippen molar-refractivity contribution in [2.45, 2.75) is 38.3 Å². The van der Waals surface area contributed by atoms with Crippen molar-refractivity contribution in [3.8, 4) is 0 Å². The summed E-state index contributed by atoms with van der Waals surface area (Å²) in [5.74, 6) is -0.254. The normalized spacial score (nSPS) is 20.8. The Morgan fingerprint density at radius 2 is 2.17 bits per heavy atom. The van der Waals surface area contributed by atoms with E-state index in [2.05, 4.69) is 4.90 Å². The second-order valence-corrected chi connectivity index (χ2v) is 4.86. The van der Waals surface area contributed by atoms with Crippen molar-refractivity contribution in [3.63, 3.8) is 0 Å². The summed E-state index contributed by atoms with van der Waals surface area (Å²) in [6, 6.07) is 5.29. The fourth-order valence-corrected chi connectivity index (χ4v) is 2.59. The zero-order chi connectivity index (χ0) is 13.0. The van der Waals surface area contributed by atoms with Gasteiger partial charge in [0, 0.05) is 24.3 Å². The summed E-state index contributed by atoms with van der Waals surface area (Å²) in [6.45, 7) is 1.22. The number of hydrogen-bond acceptors (Lipinski definition) is 3. The van der Waals surface area contributed by atoms with E-state index in [0.717, 1.165) is 31.5 Å². The number of benzene rings is 1. The second kappa shape index (κ2) is 6.16. The molecule has 1 atom stereocenters. The highest BCUT2D eigenvalue weighted by Gasteiger charge is 2.21. The number of anilines is 1. The Balaban J connectivity index is 2.24. The molecule has 0 aliphatic carbocycles. The molecule has 1 unspecified atom stereocenters. The first-order chi connectivity index (χ1) is 8.76. The van der Waals surface area contributed by atoms with Crippen LogP contribution in [0.15, 0.2) is 18.2 Å².